The van der Waals surface area contributed by atoms with E-state index in [0.29, 0.717) is 6.04 Å². The van der Waals surface area contributed by atoms with Crippen molar-refractivity contribution >= 4 is 0 Å². The van der Waals surface area contributed by atoms with Crippen molar-refractivity contribution in [2.75, 3.05) is 6.54 Å². The second-order valence-electron chi connectivity index (χ2n) is 4.56. The van der Waals surface area contributed by atoms with E-state index in [9.17, 15) is 5.11 Å². The van der Waals surface area contributed by atoms with Crippen LogP contribution in [0.1, 0.15) is 52.4 Å². The number of aliphatic hydroxyl groups is 1. The summed E-state index contributed by atoms with van der Waals surface area (Å²) >= 11 is 0. The van der Waals surface area contributed by atoms with Crippen LogP contribution < -0.4 is 5.32 Å². The molecule has 1 aliphatic carbocycles. The molecule has 1 aliphatic rings. The molecule has 2 N–H and O–H groups in total. The van der Waals surface area contributed by atoms with Gasteiger partial charge in [-0.15, -0.1) is 0 Å². The number of nitrogens with one attached hydrogen (secondary N) is 1. The van der Waals surface area contributed by atoms with Crippen LogP contribution in [0.3, 0.4) is 0 Å². The fourth-order valence-corrected chi connectivity index (χ4v) is 2.52. The molecule has 14 heavy (non-hydrogen) atoms. The Labute approximate surface area is 88.1 Å². The van der Waals surface area contributed by atoms with Crippen LogP contribution in [0.15, 0.2) is 0 Å². The Balaban J connectivity index is 2.16. The van der Waals surface area contributed by atoms with E-state index in [1.54, 1.807) is 0 Å². The normalized spacial score (nSPS) is 29.4. The summed E-state index contributed by atoms with van der Waals surface area (Å²) in [7, 11) is 0. The van der Waals surface area contributed by atoms with E-state index in [2.05, 4.69) is 19.2 Å². The van der Waals surface area contributed by atoms with Gasteiger partial charge in [0.05, 0.1) is 6.10 Å². The Hall–Kier alpha value is -0.0800. The van der Waals surface area contributed by atoms with Crippen LogP contribution >= 0.6 is 0 Å². The average Bonchev–Trinajstić information content (AvgIpc) is 2.62. The van der Waals surface area contributed by atoms with Gasteiger partial charge in [-0.05, 0) is 25.2 Å². The van der Waals surface area contributed by atoms with Gasteiger partial charge in [-0.2, -0.15) is 0 Å². The lowest BCUT2D eigenvalue weighted by Gasteiger charge is -2.21. The first-order valence-electron chi connectivity index (χ1n) is 6.19. The van der Waals surface area contributed by atoms with Gasteiger partial charge in [-0.1, -0.05) is 33.1 Å². The van der Waals surface area contributed by atoms with Crippen molar-refractivity contribution in [1.29, 1.82) is 0 Å². The summed E-state index contributed by atoms with van der Waals surface area (Å²) in [5, 5.41) is 13.1. The van der Waals surface area contributed by atoms with E-state index in [4.69, 9.17) is 0 Å². The summed E-state index contributed by atoms with van der Waals surface area (Å²) in [6.45, 7) is 5.18. The number of rotatable bonds is 6. The van der Waals surface area contributed by atoms with E-state index < -0.39 is 0 Å². The SMILES string of the molecule is CCCC(O)CNC1CCCC1CC. The Bertz CT molecular complexity index is 149. The molecular formula is C12H25NO. The summed E-state index contributed by atoms with van der Waals surface area (Å²) in [5.41, 5.74) is 0. The highest BCUT2D eigenvalue weighted by molar-refractivity contribution is 4.82. The fraction of sp³-hybridized carbons (Fsp3) is 1.00. The zero-order valence-corrected chi connectivity index (χ0v) is 9.63. The first-order chi connectivity index (χ1) is 6.77. The van der Waals surface area contributed by atoms with Crippen LogP contribution in [0.5, 0.6) is 0 Å². The lowest BCUT2D eigenvalue weighted by Crippen LogP contribution is -2.37. The summed E-state index contributed by atoms with van der Waals surface area (Å²) in [6.07, 6.45) is 7.18. The molecule has 0 saturated heterocycles. The fourth-order valence-electron chi connectivity index (χ4n) is 2.52. The number of aliphatic hydroxyl groups excluding tert-OH is 1. The maximum atomic E-state index is 9.61. The maximum Gasteiger partial charge on any atom is 0.0664 e. The zero-order chi connectivity index (χ0) is 10.4. The molecule has 0 heterocycles. The van der Waals surface area contributed by atoms with E-state index in [1.807, 2.05) is 0 Å². The molecule has 1 fully saturated rings. The van der Waals surface area contributed by atoms with Gasteiger partial charge in [0.25, 0.3) is 0 Å². The molecule has 84 valence electrons. The molecule has 2 nitrogen and oxygen atoms in total. The minimum absolute atomic E-state index is 0.141. The predicted molar refractivity (Wildman–Crippen MR) is 60.3 cm³/mol. The summed E-state index contributed by atoms with van der Waals surface area (Å²) in [4.78, 5) is 0. The number of hydrogen-bond donors (Lipinski definition) is 2. The van der Waals surface area contributed by atoms with Crippen molar-refractivity contribution < 1.29 is 5.11 Å². The van der Waals surface area contributed by atoms with E-state index in [-0.39, 0.29) is 6.10 Å². The Kier molecular flexibility index (Phi) is 5.49. The van der Waals surface area contributed by atoms with Gasteiger partial charge < -0.3 is 10.4 Å². The Morgan fingerprint density at radius 2 is 2.14 bits per heavy atom. The minimum atomic E-state index is -0.141. The molecule has 0 amide bonds. The quantitative estimate of drug-likeness (QED) is 0.688. The number of hydrogen-bond acceptors (Lipinski definition) is 2. The van der Waals surface area contributed by atoms with E-state index in [1.165, 1.54) is 25.7 Å². The van der Waals surface area contributed by atoms with Crippen LogP contribution in [-0.2, 0) is 0 Å². The van der Waals surface area contributed by atoms with Crippen molar-refractivity contribution in [3.63, 3.8) is 0 Å². The molecule has 1 saturated carbocycles. The maximum absolute atomic E-state index is 9.61. The first kappa shape index (κ1) is 12.0. The third kappa shape index (κ3) is 3.58. The van der Waals surface area contributed by atoms with Gasteiger partial charge >= 0.3 is 0 Å². The van der Waals surface area contributed by atoms with Gasteiger partial charge in [-0.25, -0.2) is 0 Å². The minimum Gasteiger partial charge on any atom is -0.392 e. The average molecular weight is 199 g/mol. The van der Waals surface area contributed by atoms with Gasteiger partial charge in [0.2, 0.25) is 0 Å². The monoisotopic (exact) mass is 199 g/mol. The summed E-state index contributed by atoms with van der Waals surface area (Å²) in [6, 6.07) is 0.673. The van der Waals surface area contributed by atoms with Crippen molar-refractivity contribution in [2.24, 2.45) is 5.92 Å². The largest absolute Gasteiger partial charge is 0.392 e. The first-order valence-corrected chi connectivity index (χ1v) is 6.19. The van der Waals surface area contributed by atoms with Crippen LogP contribution in [-0.4, -0.2) is 23.8 Å². The summed E-state index contributed by atoms with van der Waals surface area (Å²) in [5.74, 6) is 0.851. The Morgan fingerprint density at radius 1 is 1.36 bits per heavy atom. The third-order valence-corrected chi connectivity index (χ3v) is 3.42. The molecule has 0 bridgehead atoms. The van der Waals surface area contributed by atoms with E-state index >= 15 is 0 Å². The van der Waals surface area contributed by atoms with Crippen LogP contribution in [0.4, 0.5) is 0 Å². The molecule has 0 radical (unpaired) electrons. The molecular weight excluding hydrogens is 174 g/mol. The molecule has 1 rings (SSSR count). The smallest absolute Gasteiger partial charge is 0.0664 e. The topological polar surface area (TPSA) is 32.3 Å². The van der Waals surface area contributed by atoms with Crippen molar-refractivity contribution in [1.82, 2.24) is 5.32 Å². The highest BCUT2D eigenvalue weighted by Gasteiger charge is 2.25. The highest BCUT2D eigenvalue weighted by Crippen LogP contribution is 2.27. The molecule has 0 aromatic carbocycles. The highest BCUT2D eigenvalue weighted by atomic mass is 16.3. The predicted octanol–water partition coefficient (Wildman–Crippen LogP) is 2.32. The lowest BCUT2D eigenvalue weighted by molar-refractivity contribution is 0.153. The van der Waals surface area contributed by atoms with Crippen molar-refractivity contribution in [3.05, 3.63) is 0 Å². The molecule has 0 spiro atoms. The molecule has 0 aromatic heterocycles. The second-order valence-corrected chi connectivity index (χ2v) is 4.56. The molecule has 0 aliphatic heterocycles. The third-order valence-electron chi connectivity index (χ3n) is 3.42. The standard InChI is InChI=1S/C12H25NO/c1-3-6-11(14)9-13-12-8-5-7-10(12)4-2/h10-14H,3-9H2,1-2H3. The van der Waals surface area contributed by atoms with Gasteiger partial charge in [0, 0.05) is 12.6 Å². The van der Waals surface area contributed by atoms with Crippen LogP contribution in [0, 0.1) is 5.92 Å². The van der Waals surface area contributed by atoms with Crippen molar-refractivity contribution in [2.45, 2.75) is 64.5 Å². The summed E-state index contributed by atoms with van der Waals surface area (Å²) < 4.78 is 0. The second kappa shape index (κ2) is 6.41. The van der Waals surface area contributed by atoms with Gasteiger partial charge in [0.1, 0.15) is 0 Å². The van der Waals surface area contributed by atoms with Gasteiger partial charge in [-0.3, -0.25) is 0 Å². The van der Waals surface area contributed by atoms with Crippen molar-refractivity contribution in [3.8, 4) is 0 Å². The Morgan fingerprint density at radius 3 is 2.79 bits per heavy atom. The zero-order valence-electron chi connectivity index (χ0n) is 9.63. The molecule has 3 unspecified atom stereocenters. The lowest BCUT2D eigenvalue weighted by atomic mass is 10.0. The van der Waals surface area contributed by atoms with Crippen LogP contribution in [0.25, 0.3) is 0 Å². The van der Waals surface area contributed by atoms with Gasteiger partial charge in [0.15, 0.2) is 0 Å². The molecule has 2 heteroatoms. The molecule has 3 atom stereocenters. The van der Waals surface area contributed by atoms with E-state index in [0.717, 1.165) is 25.3 Å². The van der Waals surface area contributed by atoms with Crippen LogP contribution in [0.2, 0.25) is 0 Å². The molecule has 0 aromatic rings.